The molecule has 6 heteroatoms. The summed E-state index contributed by atoms with van der Waals surface area (Å²) in [5.41, 5.74) is 5.56. The van der Waals surface area contributed by atoms with Crippen LogP contribution < -0.4 is 0 Å². The topological polar surface area (TPSA) is 59.7 Å². The molecule has 150 valence electrons. The van der Waals surface area contributed by atoms with Crippen LogP contribution in [-0.4, -0.2) is 45.3 Å². The number of rotatable bonds is 3. The Kier molecular flexibility index (Phi) is 4.77. The van der Waals surface area contributed by atoms with Crippen LogP contribution >= 0.6 is 0 Å². The number of hydrogen-bond acceptors (Lipinski definition) is 4. The van der Waals surface area contributed by atoms with Crippen LogP contribution in [0.1, 0.15) is 27.7 Å². The zero-order chi connectivity index (χ0) is 20.5. The first-order valence-corrected chi connectivity index (χ1v) is 10.1. The van der Waals surface area contributed by atoms with Crippen molar-refractivity contribution in [2.45, 2.75) is 13.0 Å². The van der Waals surface area contributed by atoms with Crippen molar-refractivity contribution in [1.82, 2.24) is 19.7 Å². The first kappa shape index (κ1) is 18.5. The van der Waals surface area contributed by atoms with Gasteiger partial charge in [-0.1, -0.05) is 59.8 Å². The predicted molar refractivity (Wildman–Crippen MR) is 114 cm³/mol. The second-order valence-corrected chi connectivity index (χ2v) is 7.51. The maximum Gasteiger partial charge on any atom is 0.254 e. The molecule has 0 bridgehead atoms. The first-order valence-electron chi connectivity index (χ1n) is 10.1. The van der Waals surface area contributed by atoms with Crippen molar-refractivity contribution in [3.8, 4) is 11.1 Å². The monoisotopic (exact) mass is 398 g/mol. The maximum atomic E-state index is 13.0. The van der Waals surface area contributed by atoms with Gasteiger partial charge in [0.05, 0.1) is 18.7 Å². The van der Waals surface area contributed by atoms with Crippen molar-refractivity contribution in [1.29, 1.82) is 0 Å². The minimum atomic E-state index is -0.299. The highest BCUT2D eigenvalue weighted by Gasteiger charge is 2.29. The number of pyridine rings is 1. The standard InChI is InChI=1S/C24H22N4O2/c1-17-7-5-6-10-20(17)24(29)27-13-14-30-22(16-27)23-21-12-11-19(15-28(21)26-25-23)18-8-3-2-4-9-18/h2-12,15,22H,13-14,16H2,1H3. The van der Waals surface area contributed by atoms with Crippen LogP contribution in [0.3, 0.4) is 0 Å². The van der Waals surface area contributed by atoms with Crippen LogP contribution in [0.15, 0.2) is 72.9 Å². The number of carbonyl (C=O) groups is 1. The van der Waals surface area contributed by atoms with Gasteiger partial charge in [0.1, 0.15) is 11.8 Å². The highest BCUT2D eigenvalue weighted by molar-refractivity contribution is 5.95. The SMILES string of the molecule is Cc1ccccc1C(=O)N1CCOC(c2nnn3cc(-c4ccccc4)ccc23)C1. The zero-order valence-corrected chi connectivity index (χ0v) is 16.7. The number of benzene rings is 2. The zero-order valence-electron chi connectivity index (χ0n) is 16.7. The predicted octanol–water partition coefficient (Wildman–Crippen LogP) is 3.92. The lowest BCUT2D eigenvalue weighted by atomic mass is 10.1. The number of amides is 1. The number of aryl methyl sites for hydroxylation is 1. The van der Waals surface area contributed by atoms with Crippen molar-refractivity contribution < 1.29 is 9.53 Å². The Labute approximate surface area is 174 Å². The Morgan fingerprint density at radius 2 is 1.80 bits per heavy atom. The van der Waals surface area contributed by atoms with Crippen molar-refractivity contribution in [2.75, 3.05) is 19.7 Å². The minimum absolute atomic E-state index is 0.0317. The van der Waals surface area contributed by atoms with Gasteiger partial charge in [-0.05, 0) is 30.2 Å². The van der Waals surface area contributed by atoms with E-state index in [1.807, 2.05) is 66.6 Å². The molecular formula is C24H22N4O2. The second kappa shape index (κ2) is 7.72. The van der Waals surface area contributed by atoms with Crippen molar-refractivity contribution in [3.05, 3.63) is 89.7 Å². The van der Waals surface area contributed by atoms with E-state index >= 15 is 0 Å². The molecule has 1 aliphatic rings. The van der Waals surface area contributed by atoms with Gasteiger partial charge in [0, 0.05) is 23.9 Å². The molecule has 0 radical (unpaired) electrons. The lowest BCUT2D eigenvalue weighted by Crippen LogP contribution is -2.42. The van der Waals surface area contributed by atoms with Crippen LogP contribution in [0.4, 0.5) is 0 Å². The number of nitrogens with zero attached hydrogens (tertiary/aromatic N) is 4. The summed E-state index contributed by atoms with van der Waals surface area (Å²) in [7, 11) is 0. The van der Waals surface area contributed by atoms with Gasteiger partial charge in [-0.25, -0.2) is 4.52 Å². The normalized spacial score (nSPS) is 16.7. The lowest BCUT2D eigenvalue weighted by Gasteiger charge is -2.32. The Balaban J connectivity index is 1.41. The van der Waals surface area contributed by atoms with Crippen molar-refractivity contribution in [3.63, 3.8) is 0 Å². The summed E-state index contributed by atoms with van der Waals surface area (Å²) in [5, 5.41) is 8.69. The number of morpholine rings is 1. The van der Waals surface area contributed by atoms with E-state index in [9.17, 15) is 4.79 Å². The molecule has 1 amide bonds. The Bertz CT molecular complexity index is 1200. The molecule has 1 fully saturated rings. The average molecular weight is 398 g/mol. The summed E-state index contributed by atoms with van der Waals surface area (Å²) < 4.78 is 7.76. The quantitative estimate of drug-likeness (QED) is 0.525. The highest BCUT2D eigenvalue weighted by Crippen LogP contribution is 2.27. The van der Waals surface area contributed by atoms with Crippen molar-refractivity contribution in [2.24, 2.45) is 0 Å². The smallest absolute Gasteiger partial charge is 0.254 e. The molecule has 3 heterocycles. The minimum Gasteiger partial charge on any atom is -0.368 e. The number of carbonyl (C=O) groups excluding carboxylic acids is 1. The number of fused-ring (bicyclic) bond motifs is 1. The van der Waals surface area contributed by atoms with E-state index in [4.69, 9.17) is 4.74 Å². The van der Waals surface area contributed by atoms with Gasteiger partial charge in [0.2, 0.25) is 0 Å². The summed E-state index contributed by atoms with van der Waals surface area (Å²) in [6, 6.07) is 21.9. The third kappa shape index (κ3) is 3.35. The molecule has 1 unspecified atom stereocenters. The molecule has 0 saturated carbocycles. The summed E-state index contributed by atoms with van der Waals surface area (Å²) in [5.74, 6) is 0.0317. The molecule has 5 rings (SSSR count). The summed E-state index contributed by atoms with van der Waals surface area (Å²) in [6.45, 7) is 3.47. The van der Waals surface area contributed by atoms with Crippen LogP contribution in [0.5, 0.6) is 0 Å². The fourth-order valence-electron chi connectivity index (χ4n) is 3.93. The fourth-order valence-corrected chi connectivity index (χ4v) is 3.93. The average Bonchev–Trinajstić information content (AvgIpc) is 3.23. The Morgan fingerprint density at radius 3 is 2.63 bits per heavy atom. The second-order valence-electron chi connectivity index (χ2n) is 7.51. The van der Waals surface area contributed by atoms with Crippen LogP contribution in [-0.2, 0) is 4.74 Å². The van der Waals surface area contributed by atoms with Gasteiger partial charge in [-0.2, -0.15) is 0 Å². The Hall–Kier alpha value is -3.51. The van der Waals surface area contributed by atoms with Crippen LogP contribution in [0, 0.1) is 6.92 Å². The van der Waals surface area contributed by atoms with E-state index < -0.39 is 0 Å². The fraction of sp³-hybridized carbons (Fsp3) is 0.208. The van der Waals surface area contributed by atoms with E-state index in [1.54, 1.807) is 4.52 Å². The summed E-state index contributed by atoms with van der Waals surface area (Å²) in [6.07, 6.45) is 1.67. The van der Waals surface area contributed by atoms with E-state index in [-0.39, 0.29) is 12.0 Å². The molecule has 2 aromatic heterocycles. The van der Waals surface area contributed by atoms with Crippen LogP contribution in [0.2, 0.25) is 0 Å². The lowest BCUT2D eigenvalue weighted by molar-refractivity contribution is -0.0241. The molecule has 30 heavy (non-hydrogen) atoms. The Morgan fingerprint density at radius 1 is 1.00 bits per heavy atom. The number of aromatic nitrogens is 3. The number of hydrogen-bond donors (Lipinski definition) is 0. The molecule has 1 saturated heterocycles. The van der Waals surface area contributed by atoms with Crippen molar-refractivity contribution >= 4 is 11.4 Å². The summed E-state index contributed by atoms with van der Waals surface area (Å²) in [4.78, 5) is 14.9. The van der Waals surface area contributed by atoms with E-state index in [2.05, 4.69) is 28.5 Å². The van der Waals surface area contributed by atoms with Gasteiger partial charge >= 0.3 is 0 Å². The largest absolute Gasteiger partial charge is 0.368 e. The third-order valence-electron chi connectivity index (χ3n) is 5.58. The molecule has 0 N–H and O–H groups in total. The molecule has 1 atom stereocenters. The van der Waals surface area contributed by atoms with E-state index in [1.165, 1.54) is 0 Å². The third-order valence-corrected chi connectivity index (χ3v) is 5.58. The molecule has 6 nitrogen and oxygen atoms in total. The maximum absolute atomic E-state index is 13.0. The van der Waals surface area contributed by atoms with Gasteiger partial charge in [-0.15, -0.1) is 5.10 Å². The molecule has 0 spiro atoms. The molecule has 1 aliphatic heterocycles. The van der Waals surface area contributed by atoms with Gasteiger partial charge in [-0.3, -0.25) is 4.79 Å². The van der Waals surface area contributed by atoms with E-state index in [0.29, 0.717) is 19.7 Å². The number of ether oxygens (including phenoxy) is 1. The summed E-state index contributed by atoms with van der Waals surface area (Å²) >= 11 is 0. The molecular weight excluding hydrogens is 376 g/mol. The van der Waals surface area contributed by atoms with Gasteiger partial charge in [0.15, 0.2) is 0 Å². The van der Waals surface area contributed by atoms with Gasteiger partial charge in [0.25, 0.3) is 5.91 Å². The molecule has 2 aromatic carbocycles. The van der Waals surface area contributed by atoms with Crippen LogP contribution in [0.25, 0.3) is 16.6 Å². The first-order chi connectivity index (χ1) is 14.7. The van der Waals surface area contributed by atoms with E-state index in [0.717, 1.165) is 33.5 Å². The molecule has 4 aromatic rings. The highest BCUT2D eigenvalue weighted by atomic mass is 16.5. The molecule has 0 aliphatic carbocycles. The van der Waals surface area contributed by atoms with Gasteiger partial charge < -0.3 is 9.64 Å².